The van der Waals surface area contributed by atoms with Crippen molar-refractivity contribution in [3.05, 3.63) is 200 Å². The minimum Gasteiger partial charge on any atom is -0.310 e. The molecule has 238 valence electrons. The molecule has 1 nitrogen and oxygen atoms in total. The number of fused-ring (bicyclic) bond motifs is 8. The molecule has 0 spiro atoms. The molecule has 0 heterocycles. The Bertz CT molecular complexity index is 2900. The zero-order valence-corrected chi connectivity index (χ0v) is 28.0. The second-order valence-electron chi connectivity index (χ2n) is 13.3. The number of hydrogen-bond acceptors (Lipinski definition) is 1. The summed E-state index contributed by atoms with van der Waals surface area (Å²) in [5.74, 6) is 0. The van der Waals surface area contributed by atoms with Crippen LogP contribution in [-0.2, 0) is 0 Å². The SMILES string of the molecule is c1ccc(-c2cccc(N(c3ccc(-c4cccc5ccccc45)cc3)c3cc4ccccc4c4c3ccc3ccc5ccccc5c34)c2)cc1. The van der Waals surface area contributed by atoms with E-state index in [9.17, 15) is 0 Å². The largest absolute Gasteiger partial charge is 0.310 e. The maximum atomic E-state index is 2.45. The van der Waals surface area contributed by atoms with Crippen LogP contribution in [0.5, 0.6) is 0 Å². The molecular formula is C50H33N. The standard InChI is InChI=1S/C50H33N/c1-2-12-34(13-3-1)39-18-10-19-42(32-39)51(41-29-26-37(27-30-41)44-23-11-17-35-14-4-7-20-43(35)44)48-33-40-16-6-9-22-46(40)50-47(48)31-28-38-25-24-36-15-5-8-21-45(36)49(38)50/h1-33H. The molecule has 0 saturated heterocycles. The van der Waals surface area contributed by atoms with Gasteiger partial charge in [-0.2, -0.15) is 0 Å². The fraction of sp³-hybridized carbons (Fsp3) is 0. The second kappa shape index (κ2) is 12.0. The first-order valence-corrected chi connectivity index (χ1v) is 17.6. The molecule has 0 fully saturated rings. The Morgan fingerprint density at radius 2 is 0.863 bits per heavy atom. The van der Waals surface area contributed by atoms with Gasteiger partial charge in [0.15, 0.2) is 0 Å². The predicted molar refractivity (Wildman–Crippen MR) is 220 cm³/mol. The van der Waals surface area contributed by atoms with E-state index in [0.717, 1.165) is 17.1 Å². The van der Waals surface area contributed by atoms with Crippen LogP contribution in [0.25, 0.3) is 76.1 Å². The van der Waals surface area contributed by atoms with Gasteiger partial charge < -0.3 is 4.90 Å². The average molecular weight is 648 g/mol. The highest BCUT2D eigenvalue weighted by molar-refractivity contribution is 6.30. The summed E-state index contributed by atoms with van der Waals surface area (Å²) in [6, 6.07) is 73.1. The van der Waals surface area contributed by atoms with E-state index in [2.05, 4.69) is 205 Å². The number of benzene rings is 10. The third kappa shape index (κ3) is 4.94. The normalized spacial score (nSPS) is 11.5. The summed E-state index contributed by atoms with van der Waals surface area (Å²) >= 11 is 0. The van der Waals surface area contributed by atoms with E-state index >= 15 is 0 Å². The van der Waals surface area contributed by atoms with Gasteiger partial charge in [-0.3, -0.25) is 0 Å². The van der Waals surface area contributed by atoms with E-state index in [0.29, 0.717) is 0 Å². The van der Waals surface area contributed by atoms with Gasteiger partial charge in [-0.1, -0.05) is 170 Å². The van der Waals surface area contributed by atoms with Crippen LogP contribution < -0.4 is 4.90 Å². The van der Waals surface area contributed by atoms with Crippen molar-refractivity contribution in [2.24, 2.45) is 0 Å². The van der Waals surface area contributed by atoms with Gasteiger partial charge in [0.05, 0.1) is 5.69 Å². The second-order valence-corrected chi connectivity index (χ2v) is 13.3. The zero-order chi connectivity index (χ0) is 33.7. The van der Waals surface area contributed by atoms with Crippen molar-refractivity contribution in [3.63, 3.8) is 0 Å². The van der Waals surface area contributed by atoms with E-state index in [1.807, 2.05) is 0 Å². The van der Waals surface area contributed by atoms with Crippen LogP contribution in [0, 0.1) is 0 Å². The Balaban J connectivity index is 1.26. The van der Waals surface area contributed by atoms with Crippen molar-refractivity contribution < 1.29 is 0 Å². The smallest absolute Gasteiger partial charge is 0.0546 e. The van der Waals surface area contributed by atoms with Crippen molar-refractivity contribution in [3.8, 4) is 22.3 Å². The van der Waals surface area contributed by atoms with Crippen molar-refractivity contribution in [1.29, 1.82) is 0 Å². The Morgan fingerprint density at radius 1 is 0.275 bits per heavy atom. The molecule has 0 saturated carbocycles. The van der Waals surface area contributed by atoms with E-state index < -0.39 is 0 Å². The van der Waals surface area contributed by atoms with E-state index in [1.54, 1.807) is 0 Å². The van der Waals surface area contributed by atoms with E-state index in [-0.39, 0.29) is 0 Å². The molecule has 10 rings (SSSR count). The fourth-order valence-corrected chi connectivity index (χ4v) is 8.00. The highest BCUT2D eigenvalue weighted by atomic mass is 15.1. The zero-order valence-electron chi connectivity index (χ0n) is 28.0. The Kier molecular flexibility index (Phi) is 6.89. The number of anilines is 3. The molecule has 0 aromatic heterocycles. The van der Waals surface area contributed by atoms with Gasteiger partial charge in [0, 0.05) is 22.1 Å². The monoisotopic (exact) mass is 647 g/mol. The maximum absolute atomic E-state index is 2.45. The van der Waals surface area contributed by atoms with Gasteiger partial charge in [-0.15, -0.1) is 0 Å². The maximum Gasteiger partial charge on any atom is 0.0546 e. The lowest BCUT2D eigenvalue weighted by Crippen LogP contribution is -2.11. The molecule has 0 atom stereocenters. The highest BCUT2D eigenvalue weighted by Gasteiger charge is 2.20. The quantitative estimate of drug-likeness (QED) is 0.168. The van der Waals surface area contributed by atoms with Crippen molar-refractivity contribution in [1.82, 2.24) is 0 Å². The summed E-state index contributed by atoms with van der Waals surface area (Å²) in [6.45, 7) is 0. The van der Waals surface area contributed by atoms with Crippen LogP contribution in [0.4, 0.5) is 17.1 Å². The third-order valence-corrected chi connectivity index (χ3v) is 10.4. The minimum absolute atomic E-state index is 1.11. The van der Waals surface area contributed by atoms with Gasteiger partial charge in [0.1, 0.15) is 0 Å². The molecule has 0 aliphatic heterocycles. The lowest BCUT2D eigenvalue weighted by atomic mass is 9.91. The van der Waals surface area contributed by atoms with E-state index in [4.69, 9.17) is 0 Å². The molecule has 10 aromatic rings. The minimum atomic E-state index is 1.11. The molecular weight excluding hydrogens is 615 g/mol. The van der Waals surface area contributed by atoms with Gasteiger partial charge in [-0.05, 0) is 95.7 Å². The first kappa shape index (κ1) is 29.2. The molecule has 1 heteroatoms. The van der Waals surface area contributed by atoms with Crippen LogP contribution in [0.15, 0.2) is 200 Å². The summed E-state index contributed by atoms with van der Waals surface area (Å²) in [7, 11) is 0. The van der Waals surface area contributed by atoms with E-state index in [1.165, 1.54) is 76.1 Å². The Labute approximate surface area is 297 Å². The average Bonchev–Trinajstić information content (AvgIpc) is 3.21. The Hall–Kier alpha value is -6.70. The fourth-order valence-electron chi connectivity index (χ4n) is 8.00. The molecule has 0 aliphatic rings. The Morgan fingerprint density at radius 3 is 1.67 bits per heavy atom. The van der Waals surface area contributed by atoms with Crippen molar-refractivity contribution in [2.45, 2.75) is 0 Å². The highest BCUT2D eigenvalue weighted by Crippen LogP contribution is 2.46. The molecule has 0 amide bonds. The van der Waals surface area contributed by atoms with Crippen LogP contribution in [0.2, 0.25) is 0 Å². The molecule has 51 heavy (non-hydrogen) atoms. The summed E-state index contributed by atoms with van der Waals surface area (Å²) in [4.78, 5) is 2.45. The van der Waals surface area contributed by atoms with Gasteiger partial charge in [0.25, 0.3) is 0 Å². The number of nitrogens with zero attached hydrogens (tertiary/aromatic N) is 1. The molecule has 0 aliphatic carbocycles. The molecule has 0 N–H and O–H groups in total. The van der Waals surface area contributed by atoms with Gasteiger partial charge in [-0.25, -0.2) is 0 Å². The lowest BCUT2D eigenvalue weighted by Gasteiger charge is -2.28. The van der Waals surface area contributed by atoms with Crippen LogP contribution >= 0.6 is 0 Å². The predicted octanol–water partition coefficient (Wildman–Crippen LogP) is 14.3. The first-order chi connectivity index (χ1) is 25.3. The third-order valence-electron chi connectivity index (χ3n) is 10.4. The van der Waals surface area contributed by atoms with Crippen molar-refractivity contribution >= 4 is 70.9 Å². The summed E-state index contributed by atoms with van der Waals surface area (Å²) in [6.07, 6.45) is 0. The lowest BCUT2D eigenvalue weighted by molar-refractivity contribution is 1.30. The summed E-state index contributed by atoms with van der Waals surface area (Å²) in [5, 5.41) is 12.6. The molecule has 0 radical (unpaired) electrons. The van der Waals surface area contributed by atoms with Crippen LogP contribution in [-0.4, -0.2) is 0 Å². The number of hydrogen-bond donors (Lipinski definition) is 0. The number of rotatable bonds is 5. The summed E-state index contributed by atoms with van der Waals surface area (Å²) < 4.78 is 0. The van der Waals surface area contributed by atoms with Gasteiger partial charge >= 0.3 is 0 Å². The molecule has 0 unspecified atom stereocenters. The molecule has 10 aromatic carbocycles. The van der Waals surface area contributed by atoms with Crippen LogP contribution in [0.3, 0.4) is 0 Å². The topological polar surface area (TPSA) is 3.24 Å². The van der Waals surface area contributed by atoms with Crippen molar-refractivity contribution in [2.75, 3.05) is 4.90 Å². The van der Waals surface area contributed by atoms with Gasteiger partial charge in [0.2, 0.25) is 0 Å². The first-order valence-electron chi connectivity index (χ1n) is 17.6. The molecule has 0 bridgehead atoms. The summed E-state index contributed by atoms with van der Waals surface area (Å²) in [5.41, 5.74) is 8.21. The van der Waals surface area contributed by atoms with Crippen LogP contribution in [0.1, 0.15) is 0 Å².